The molecule has 0 saturated carbocycles. The molecule has 146 valence electrons. The molecular weight excluding hydrogens is 425 g/mol. The number of carbonyl (C=O) groups excluding carboxylic acids is 1. The average Bonchev–Trinajstić information content (AvgIpc) is 3.17. The number of hydrogen-bond donors (Lipinski definition) is 2. The highest BCUT2D eigenvalue weighted by atomic mass is 35.5. The van der Waals surface area contributed by atoms with Crippen molar-refractivity contribution in [2.45, 2.75) is 17.9 Å². The minimum atomic E-state index is -3.96. The Balaban J connectivity index is 1.78. The highest BCUT2D eigenvalue weighted by molar-refractivity contribution is 7.92. The first-order valence-electron chi connectivity index (χ1n) is 8.00. The maximum atomic E-state index is 12.6. The van der Waals surface area contributed by atoms with E-state index in [1.54, 1.807) is 25.1 Å². The Morgan fingerprint density at radius 3 is 2.54 bits per heavy atom. The molecule has 1 atom stereocenters. The summed E-state index contributed by atoms with van der Waals surface area (Å²) < 4.78 is 29.0. The van der Waals surface area contributed by atoms with E-state index in [0.717, 1.165) is 0 Å². The van der Waals surface area contributed by atoms with E-state index in [0.29, 0.717) is 5.69 Å². The summed E-state index contributed by atoms with van der Waals surface area (Å²) in [6, 6.07) is 9.94. The minimum Gasteiger partial charge on any atom is -0.324 e. The van der Waals surface area contributed by atoms with E-state index in [9.17, 15) is 13.2 Å². The number of para-hydroxylation sites is 1. The van der Waals surface area contributed by atoms with Crippen LogP contribution >= 0.6 is 23.2 Å². The van der Waals surface area contributed by atoms with Gasteiger partial charge in [-0.25, -0.2) is 18.1 Å². The van der Waals surface area contributed by atoms with Gasteiger partial charge in [0.1, 0.15) is 23.6 Å². The predicted octanol–water partition coefficient (Wildman–Crippen LogP) is 3.59. The first kappa shape index (κ1) is 20.1. The molecule has 1 heterocycles. The Morgan fingerprint density at radius 2 is 1.89 bits per heavy atom. The number of amides is 1. The summed E-state index contributed by atoms with van der Waals surface area (Å²) in [5.41, 5.74) is 0.581. The van der Waals surface area contributed by atoms with Crippen molar-refractivity contribution in [3.8, 4) is 0 Å². The molecule has 0 spiro atoms. The maximum Gasteiger partial charge on any atom is 0.263 e. The van der Waals surface area contributed by atoms with Crippen LogP contribution in [0.5, 0.6) is 0 Å². The number of hydrogen-bond acceptors (Lipinski definition) is 5. The number of rotatable bonds is 6. The second-order valence-corrected chi connectivity index (χ2v) is 8.24. The molecule has 0 bridgehead atoms. The Labute approximate surface area is 171 Å². The summed E-state index contributed by atoms with van der Waals surface area (Å²) in [7, 11) is -3.96. The van der Waals surface area contributed by atoms with Crippen LogP contribution in [0, 0.1) is 0 Å². The molecule has 0 aliphatic rings. The normalized spacial score (nSPS) is 12.4. The number of nitrogens with zero attached hydrogens (tertiary/aromatic N) is 3. The third-order valence-electron chi connectivity index (χ3n) is 3.82. The largest absolute Gasteiger partial charge is 0.324 e. The highest BCUT2D eigenvalue weighted by Crippen LogP contribution is 2.29. The minimum absolute atomic E-state index is 0.0502. The summed E-state index contributed by atoms with van der Waals surface area (Å²) >= 11 is 12.1. The van der Waals surface area contributed by atoms with E-state index >= 15 is 0 Å². The molecule has 3 rings (SSSR count). The van der Waals surface area contributed by atoms with E-state index < -0.39 is 16.1 Å². The lowest BCUT2D eigenvalue weighted by molar-refractivity contribution is -0.119. The van der Waals surface area contributed by atoms with Crippen LogP contribution in [0.25, 0.3) is 0 Å². The molecule has 2 aromatic carbocycles. The van der Waals surface area contributed by atoms with Gasteiger partial charge in [-0.1, -0.05) is 35.3 Å². The van der Waals surface area contributed by atoms with Gasteiger partial charge in [0.05, 0.1) is 15.7 Å². The number of carbonyl (C=O) groups is 1. The van der Waals surface area contributed by atoms with Crippen LogP contribution in [0.1, 0.15) is 13.0 Å². The Bertz CT molecular complexity index is 1100. The standard InChI is InChI=1S/C17H15Cl2N5O3S/c1-11(24-10-20-9-21-24)17(25)22-12-6-7-16(14(19)8-12)28(26,27)23-15-5-3-2-4-13(15)18/h2-11,23H,1H3,(H,22,25). The third-order valence-corrected chi connectivity index (χ3v) is 6.00. The molecule has 3 aromatic rings. The van der Waals surface area contributed by atoms with Crippen molar-refractivity contribution < 1.29 is 13.2 Å². The van der Waals surface area contributed by atoms with Crippen molar-refractivity contribution in [1.29, 1.82) is 0 Å². The zero-order valence-corrected chi connectivity index (χ0v) is 16.8. The lowest BCUT2D eigenvalue weighted by atomic mass is 10.2. The predicted molar refractivity (Wildman–Crippen MR) is 107 cm³/mol. The molecule has 0 aliphatic carbocycles. The Morgan fingerprint density at radius 1 is 1.14 bits per heavy atom. The zero-order valence-electron chi connectivity index (χ0n) is 14.5. The lowest BCUT2D eigenvalue weighted by Crippen LogP contribution is -2.24. The maximum absolute atomic E-state index is 12.6. The SMILES string of the molecule is CC(C(=O)Nc1ccc(S(=O)(=O)Nc2ccccc2Cl)c(Cl)c1)n1cncn1. The van der Waals surface area contributed by atoms with E-state index in [1.807, 2.05) is 0 Å². The number of anilines is 2. The lowest BCUT2D eigenvalue weighted by Gasteiger charge is -2.14. The van der Waals surface area contributed by atoms with E-state index in [-0.39, 0.29) is 26.5 Å². The van der Waals surface area contributed by atoms with Gasteiger partial charge in [0, 0.05) is 5.69 Å². The third kappa shape index (κ3) is 4.44. The molecular formula is C17H15Cl2N5O3S. The summed E-state index contributed by atoms with van der Waals surface area (Å²) in [5, 5.41) is 6.78. The fraction of sp³-hybridized carbons (Fsp3) is 0.118. The van der Waals surface area contributed by atoms with Gasteiger partial charge in [0.25, 0.3) is 10.0 Å². The first-order chi connectivity index (χ1) is 13.3. The fourth-order valence-electron chi connectivity index (χ4n) is 2.32. The quantitative estimate of drug-likeness (QED) is 0.610. The molecule has 8 nitrogen and oxygen atoms in total. The smallest absolute Gasteiger partial charge is 0.263 e. The number of sulfonamides is 1. The Kier molecular flexibility index (Phi) is 5.87. The molecule has 0 fully saturated rings. The van der Waals surface area contributed by atoms with Gasteiger partial charge in [0.15, 0.2) is 0 Å². The molecule has 0 radical (unpaired) electrons. The molecule has 0 saturated heterocycles. The Hall–Kier alpha value is -2.62. The van der Waals surface area contributed by atoms with Crippen LogP contribution in [0.15, 0.2) is 60.0 Å². The summed E-state index contributed by atoms with van der Waals surface area (Å²) in [4.78, 5) is 15.9. The molecule has 11 heteroatoms. The fourth-order valence-corrected chi connectivity index (χ4v) is 4.19. The van der Waals surface area contributed by atoms with Gasteiger partial charge in [-0.2, -0.15) is 5.10 Å². The van der Waals surface area contributed by atoms with Gasteiger partial charge in [0.2, 0.25) is 5.91 Å². The van der Waals surface area contributed by atoms with Crippen LogP contribution in [0.2, 0.25) is 10.0 Å². The average molecular weight is 440 g/mol. The number of benzene rings is 2. The highest BCUT2D eigenvalue weighted by Gasteiger charge is 2.21. The van der Waals surface area contributed by atoms with Crippen molar-refractivity contribution in [2.24, 2.45) is 0 Å². The molecule has 1 amide bonds. The van der Waals surface area contributed by atoms with Crippen LogP contribution in [0.3, 0.4) is 0 Å². The van der Waals surface area contributed by atoms with E-state index in [1.165, 1.54) is 41.6 Å². The molecule has 2 N–H and O–H groups in total. The molecule has 28 heavy (non-hydrogen) atoms. The van der Waals surface area contributed by atoms with Gasteiger partial charge in [-0.15, -0.1) is 0 Å². The van der Waals surface area contributed by atoms with Crippen molar-refractivity contribution in [3.63, 3.8) is 0 Å². The number of aromatic nitrogens is 3. The summed E-state index contributed by atoms with van der Waals surface area (Å²) in [6.45, 7) is 1.65. The van der Waals surface area contributed by atoms with Crippen LogP contribution < -0.4 is 10.0 Å². The van der Waals surface area contributed by atoms with Crippen LogP contribution in [0.4, 0.5) is 11.4 Å². The van der Waals surface area contributed by atoms with Crippen molar-refractivity contribution in [1.82, 2.24) is 14.8 Å². The van der Waals surface area contributed by atoms with Crippen molar-refractivity contribution in [2.75, 3.05) is 10.0 Å². The molecule has 1 unspecified atom stereocenters. The van der Waals surface area contributed by atoms with Crippen molar-refractivity contribution >= 4 is 50.5 Å². The second kappa shape index (κ2) is 8.17. The molecule has 0 aliphatic heterocycles. The monoisotopic (exact) mass is 439 g/mol. The van der Waals surface area contributed by atoms with Crippen LogP contribution in [-0.2, 0) is 14.8 Å². The van der Waals surface area contributed by atoms with Gasteiger partial charge >= 0.3 is 0 Å². The van der Waals surface area contributed by atoms with Gasteiger partial charge in [-0.3, -0.25) is 9.52 Å². The van der Waals surface area contributed by atoms with E-state index in [2.05, 4.69) is 20.1 Å². The van der Waals surface area contributed by atoms with E-state index in [4.69, 9.17) is 23.2 Å². The van der Waals surface area contributed by atoms with Gasteiger partial charge < -0.3 is 5.32 Å². The summed E-state index contributed by atoms with van der Waals surface area (Å²) in [6.07, 6.45) is 2.75. The first-order valence-corrected chi connectivity index (χ1v) is 10.2. The van der Waals surface area contributed by atoms with Crippen molar-refractivity contribution in [3.05, 3.63) is 65.2 Å². The number of nitrogens with one attached hydrogen (secondary N) is 2. The number of halogens is 2. The zero-order chi connectivity index (χ0) is 20.3. The van der Waals surface area contributed by atoms with Gasteiger partial charge in [-0.05, 0) is 37.3 Å². The second-order valence-electron chi connectivity index (χ2n) is 5.77. The summed E-state index contributed by atoms with van der Waals surface area (Å²) in [5.74, 6) is -0.355. The van der Waals surface area contributed by atoms with Crippen LogP contribution in [-0.4, -0.2) is 29.1 Å². The molecule has 1 aromatic heterocycles. The topological polar surface area (TPSA) is 106 Å².